The number of halogens is 1. The highest BCUT2D eigenvalue weighted by molar-refractivity contribution is 6.43. The highest BCUT2D eigenvalue weighted by Gasteiger charge is 2.26. The van der Waals surface area contributed by atoms with Crippen LogP contribution in [0.4, 0.5) is 0 Å². The van der Waals surface area contributed by atoms with E-state index in [0.717, 1.165) is 0 Å². The van der Waals surface area contributed by atoms with Crippen LogP contribution in [-0.4, -0.2) is 41.5 Å². The summed E-state index contributed by atoms with van der Waals surface area (Å²) in [5.41, 5.74) is 0.208. The van der Waals surface area contributed by atoms with Crippen molar-refractivity contribution in [3.05, 3.63) is 34.3 Å². The summed E-state index contributed by atoms with van der Waals surface area (Å²) in [6, 6.07) is 6.12. The molecule has 24 heavy (non-hydrogen) atoms. The van der Waals surface area contributed by atoms with Crippen LogP contribution in [0.2, 0.25) is 5.02 Å². The average molecular weight is 352 g/mol. The van der Waals surface area contributed by atoms with Gasteiger partial charge in [0, 0.05) is 5.02 Å². The van der Waals surface area contributed by atoms with Crippen LogP contribution >= 0.6 is 11.6 Å². The fraction of sp³-hybridized carbons (Fsp3) is 0.400. The van der Waals surface area contributed by atoms with E-state index >= 15 is 0 Å². The van der Waals surface area contributed by atoms with Gasteiger partial charge in [-0.25, -0.2) is 0 Å². The van der Waals surface area contributed by atoms with Crippen LogP contribution in [0.15, 0.2) is 18.2 Å². The molecule has 4 N–H and O–H groups in total. The van der Waals surface area contributed by atoms with Crippen molar-refractivity contribution in [2.75, 3.05) is 6.54 Å². The van der Waals surface area contributed by atoms with Gasteiger partial charge >= 0.3 is 7.12 Å². The van der Waals surface area contributed by atoms with E-state index in [2.05, 4.69) is 10.6 Å². The number of rotatable bonds is 7. The fourth-order valence-corrected chi connectivity index (χ4v) is 2.25. The Morgan fingerprint density at radius 1 is 1.38 bits per heavy atom. The van der Waals surface area contributed by atoms with Gasteiger partial charge in [0.15, 0.2) is 0 Å². The molecule has 0 aliphatic carbocycles. The lowest BCUT2D eigenvalue weighted by molar-refractivity contribution is -0.120. The van der Waals surface area contributed by atoms with E-state index < -0.39 is 24.9 Å². The van der Waals surface area contributed by atoms with E-state index in [1.165, 1.54) is 18.2 Å². The Hall–Kier alpha value is -2.08. The molecule has 2 amide bonds. The van der Waals surface area contributed by atoms with Crippen LogP contribution in [0.3, 0.4) is 0 Å². The van der Waals surface area contributed by atoms with Gasteiger partial charge in [-0.05, 0) is 30.5 Å². The first-order valence-corrected chi connectivity index (χ1v) is 7.75. The summed E-state index contributed by atoms with van der Waals surface area (Å²) in [6.07, 6.45) is 0.379. The van der Waals surface area contributed by atoms with E-state index in [1.807, 2.05) is 19.9 Å². The molecule has 0 aliphatic rings. The second-order valence-electron chi connectivity index (χ2n) is 5.70. The van der Waals surface area contributed by atoms with Gasteiger partial charge in [-0.15, -0.1) is 0 Å². The van der Waals surface area contributed by atoms with Gasteiger partial charge in [-0.2, -0.15) is 5.26 Å². The van der Waals surface area contributed by atoms with E-state index in [1.54, 1.807) is 0 Å². The third-order valence-electron chi connectivity index (χ3n) is 3.19. The molecule has 0 radical (unpaired) electrons. The Morgan fingerprint density at radius 3 is 2.58 bits per heavy atom. The van der Waals surface area contributed by atoms with Crippen molar-refractivity contribution in [1.82, 2.24) is 10.6 Å². The lowest BCUT2D eigenvalue weighted by Gasteiger charge is -2.19. The molecule has 9 heteroatoms. The molecule has 0 heterocycles. The van der Waals surface area contributed by atoms with Crippen LogP contribution in [0, 0.1) is 17.2 Å². The molecule has 7 nitrogen and oxygen atoms in total. The van der Waals surface area contributed by atoms with Gasteiger partial charge in [0.05, 0.1) is 29.7 Å². The van der Waals surface area contributed by atoms with E-state index in [0.29, 0.717) is 11.4 Å². The fourth-order valence-electron chi connectivity index (χ4n) is 2.08. The van der Waals surface area contributed by atoms with Crippen molar-refractivity contribution in [1.29, 1.82) is 5.26 Å². The zero-order chi connectivity index (χ0) is 18.3. The number of nitrogens with one attached hydrogen (secondary N) is 2. The molecule has 0 fully saturated rings. The van der Waals surface area contributed by atoms with E-state index in [4.69, 9.17) is 16.9 Å². The van der Waals surface area contributed by atoms with Crippen molar-refractivity contribution >= 4 is 30.5 Å². The number of hydrogen-bond acceptors (Lipinski definition) is 5. The molecule has 0 saturated carbocycles. The minimum Gasteiger partial charge on any atom is -0.426 e. The van der Waals surface area contributed by atoms with Gasteiger partial charge in [-0.3, -0.25) is 9.59 Å². The lowest BCUT2D eigenvalue weighted by Crippen LogP contribution is -2.50. The quantitative estimate of drug-likeness (QED) is 0.532. The summed E-state index contributed by atoms with van der Waals surface area (Å²) in [6.45, 7) is 3.40. The lowest BCUT2D eigenvalue weighted by atomic mass is 9.75. The summed E-state index contributed by atoms with van der Waals surface area (Å²) in [4.78, 5) is 23.9. The largest absolute Gasteiger partial charge is 0.475 e. The Morgan fingerprint density at radius 2 is 2.04 bits per heavy atom. The monoisotopic (exact) mass is 351 g/mol. The number of nitrogens with zero attached hydrogens (tertiary/aromatic N) is 1. The van der Waals surface area contributed by atoms with Crippen LogP contribution in [0.5, 0.6) is 0 Å². The van der Waals surface area contributed by atoms with Gasteiger partial charge in [-0.1, -0.05) is 25.4 Å². The average Bonchev–Trinajstić information content (AvgIpc) is 2.51. The molecular formula is C15H19BClN3O4. The number of amides is 2. The third-order valence-corrected chi connectivity index (χ3v) is 3.42. The molecule has 1 rings (SSSR count). The molecule has 0 unspecified atom stereocenters. The number of benzene rings is 1. The van der Waals surface area contributed by atoms with Gasteiger partial charge in [0.25, 0.3) is 5.91 Å². The summed E-state index contributed by atoms with van der Waals surface area (Å²) < 4.78 is 0. The van der Waals surface area contributed by atoms with Gasteiger partial charge in [0.1, 0.15) is 0 Å². The zero-order valence-corrected chi connectivity index (χ0v) is 14.2. The van der Waals surface area contributed by atoms with Crippen molar-refractivity contribution < 1.29 is 19.6 Å². The highest BCUT2D eigenvalue weighted by atomic mass is 35.5. The van der Waals surface area contributed by atoms with Crippen LogP contribution < -0.4 is 10.6 Å². The molecule has 0 bridgehead atoms. The highest BCUT2D eigenvalue weighted by Crippen LogP contribution is 2.15. The van der Waals surface area contributed by atoms with Gasteiger partial charge < -0.3 is 20.7 Å². The normalized spacial score (nSPS) is 11.5. The molecule has 1 aromatic rings. The molecule has 1 atom stereocenters. The summed E-state index contributed by atoms with van der Waals surface area (Å²) in [5.74, 6) is -1.86. The minimum absolute atomic E-state index is 0.0683. The number of carbonyl (C=O) groups excluding carboxylic acids is 2. The molecule has 0 aliphatic heterocycles. The first-order chi connectivity index (χ1) is 11.2. The maximum Gasteiger partial charge on any atom is 0.475 e. The van der Waals surface area contributed by atoms with Crippen molar-refractivity contribution in [3.8, 4) is 6.07 Å². The van der Waals surface area contributed by atoms with Crippen molar-refractivity contribution in [2.45, 2.75) is 26.2 Å². The maximum absolute atomic E-state index is 12.1. The van der Waals surface area contributed by atoms with Crippen molar-refractivity contribution in [3.63, 3.8) is 0 Å². The SMILES string of the molecule is CC(C)C[C@H](NC(=O)CNC(=O)c1cc(Cl)ccc1C#N)B(O)O. The molecular weight excluding hydrogens is 332 g/mol. The number of carbonyl (C=O) groups is 2. The minimum atomic E-state index is -1.69. The summed E-state index contributed by atoms with van der Waals surface area (Å²) >= 11 is 5.81. The third kappa shape index (κ3) is 6.20. The first-order valence-electron chi connectivity index (χ1n) is 7.38. The predicted molar refractivity (Wildman–Crippen MR) is 90.1 cm³/mol. The summed E-state index contributed by atoms with van der Waals surface area (Å²) in [5, 5.41) is 32.6. The topological polar surface area (TPSA) is 122 Å². The summed E-state index contributed by atoms with van der Waals surface area (Å²) in [7, 11) is -1.69. The predicted octanol–water partition coefficient (Wildman–Crippen LogP) is 0.484. The Bertz CT molecular complexity index is 646. The standard InChI is InChI=1S/C15H19BClN3O4/c1-9(2)5-13(16(23)24)20-14(21)8-19-15(22)12-6-11(17)4-3-10(12)7-18/h3-4,6,9,13,23-24H,5,8H2,1-2H3,(H,19,22)(H,20,21)/t13-/m0/s1. The molecule has 128 valence electrons. The molecule has 0 spiro atoms. The second-order valence-corrected chi connectivity index (χ2v) is 6.14. The van der Waals surface area contributed by atoms with E-state index in [9.17, 15) is 19.6 Å². The molecule has 1 aromatic carbocycles. The maximum atomic E-state index is 12.1. The van der Waals surface area contributed by atoms with Crippen molar-refractivity contribution in [2.24, 2.45) is 5.92 Å². The molecule has 0 aromatic heterocycles. The number of hydrogen-bond donors (Lipinski definition) is 4. The smallest absolute Gasteiger partial charge is 0.426 e. The van der Waals surface area contributed by atoms with Crippen LogP contribution in [-0.2, 0) is 4.79 Å². The first kappa shape index (κ1) is 20.0. The second kappa shape index (κ2) is 9.28. The number of nitriles is 1. The molecule has 0 saturated heterocycles. The zero-order valence-electron chi connectivity index (χ0n) is 13.4. The Balaban J connectivity index is 2.65. The Kier molecular flexibility index (Phi) is 7.72. The Labute approximate surface area is 145 Å². The van der Waals surface area contributed by atoms with Crippen LogP contribution in [0.25, 0.3) is 0 Å². The van der Waals surface area contributed by atoms with E-state index in [-0.39, 0.29) is 23.6 Å². The van der Waals surface area contributed by atoms with Crippen LogP contribution in [0.1, 0.15) is 36.2 Å². The van der Waals surface area contributed by atoms with Gasteiger partial charge in [0.2, 0.25) is 5.91 Å².